The van der Waals surface area contributed by atoms with Crippen LogP contribution >= 0.6 is 11.6 Å². The summed E-state index contributed by atoms with van der Waals surface area (Å²) >= 11 is 6.14. The van der Waals surface area contributed by atoms with Crippen molar-refractivity contribution in [3.63, 3.8) is 0 Å². The van der Waals surface area contributed by atoms with Gasteiger partial charge in [0.15, 0.2) is 5.78 Å². The Bertz CT molecular complexity index is 612. The molecule has 1 fully saturated rings. The first kappa shape index (κ1) is 15.6. The molecular weight excluding hydrogens is 294 g/mol. The van der Waals surface area contributed by atoms with Gasteiger partial charge in [-0.3, -0.25) is 4.79 Å². The van der Waals surface area contributed by atoms with Crippen LogP contribution in [0.4, 0.5) is 0 Å². The van der Waals surface area contributed by atoms with E-state index in [9.17, 15) is 4.79 Å². The van der Waals surface area contributed by atoms with Gasteiger partial charge in [-0.2, -0.15) is 0 Å². The summed E-state index contributed by atoms with van der Waals surface area (Å²) in [6.45, 7) is 4.32. The Balaban J connectivity index is 1.92. The fourth-order valence-corrected chi connectivity index (χ4v) is 3.88. The number of carbonyl (C=O) groups excluding carboxylic acids is 1. The van der Waals surface area contributed by atoms with Crippen molar-refractivity contribution in [3.05, 3.63) is 40.4 Å². The number of halogens is 1. The summed E-state index contributed by atoms with van der Waals surface area (Å²) in [5.74, 6) is 0.490. The predicted octanol–water partition coefficient (Wildman–Crippen LogP) is 4.75. The van der Waals surface area contributed by atoms with E-state index in [-0.39, 0.29) is 17.2 Å². The SMILES string of the molecule is CC1(C)Cc2cc(Cl)ccc2C(=CC(=O)C2CCCCC2)N1. The molecule has 2 aliphatic rings. The van der Waals surface area contributed by atoms with Crippen molar-refractivity contribution in [3.8, 4) is 0 Å². The molecule has 22 heavy (non-hydrogen) atoms. The van der Waals surface area contributed by atoms with Crippen LogP contribution in [0, 0.1) is 5.92 Å². The molecule has 118 valence electrons. The zero-order valence-electron chi connectivity index (χ0n) is 13.4. The quantitative estimate of drug-likeness (QED) is 0.797. The van der Waals surface area contributed by atoms with Crippen LogP contribution in [0.15, 0.2) is 24.3 Å². The molecule has 3 heteroatoms. The zero-order valence-corrected chi connectivity index (χ0v) is 14.2. The third kappa shape index (κ3) is 3.38. The maximum atomic E-state index is 12.6. The fourth-order valence-electron chi connectivity index (χ4n) is 3.68. The van der Waals surface area contributed by atoms with Gasteiger partial charge in [-0.1, -0.05) is 36.9 Å². The van der Waals surface area contributed by atoms with Crippen LogP contribution in [-0.4, -0.2) is 11.3 Å². The minimum Gasteiger partial charge on any atom is -0.379 e. The summed E-state index contributed by atoms with van der Waals surface area (Å²) in [6.07, 6.45) is 8.48. The van der Waals surface area contributed by atoms with Crippen LogP contribution in [0.1, 0.15) is 57.1 Å². The lowest BCUT2D eigenvalue weighted by Gasteiger charge is -2.36. The number of hydrogen-bond acceptors (Lipinski definition) is 2. The van der Waals surface area contributed by atoms with Gasteiger partial charge in [-0.15, -0.1) is 0 Å². The molecule has 1 N–H and O–H groups in total. The highest BCUT2D eigenvalue weighted by Crippen LogP contribution is 2.32. The monoisotopic (exact) mass is 317 g/mol. The van der Waals surface area contributed by atoms with Crippen molar-refractivity contribution in [2.24, 2.45) is 5.92 Å². The van der Waals surface area contributed by atoms with Gasteiger partial charge in [-0.25, -0.2) is 0 Å². The predicted molar refractivity (Wildman–Crippen MR) is 91.9 cm³/mol. The van der Waals surface area contributed by atoms with E-state index < -0.39 is 0 Å². The molecule has 1 aliphatic heterocycles. The van der Waals surface area contributed by atoms with Crippen molar-refractivity contribution >= 4 is 23.1 Å². The van der Waals surface area contributed by atoms with E-state index in [0.29, 0.717) is 0 Å². The number of benzene rings is 1. The van der Waals surface area contributed by atoms with Gasteiger partial charge in [0.2, 0.25) is 0 Å². The second kappa shape index (κ2) is 6.08. The molecule has 0 radical (unpaired) electrons. The number of hydrogen-bond donors (Lipinski definition) is 1. The second-order valence-electron chi connectivity index (χ2n) is 7.28. The Morgan fingerprint density at radius 1 is 1.27 bits per heavy atom. The summed E-state index contributed by atoms with van der Waals surface area (Å²) in [7, 11) is 0. The van der Waals surface area contributed by atoms with Crippen molar-refractivity contribution in [1.82, 2.24) is 5.32 Å². The smallest absolute Gasteiger partial charge is 0.160 e. The Morgan fingerprint density at radius 3 is 2.73 bits per heavy atom. The summed E-state index contributed by atoms with van der Waals surface area (Å²) in [6, 6.07) is 5.96. The molecule has 1 aliphatic carbocycles. The molecule has 0 saturated heterocycles. The largest absolute Gasteiger partial charge is 0.379 e. The van der Waals surface area contributed by atoms with E-state index in [1.807, 2.05) is 24.3 Å². The lowest BCUT2D eigenvalue weighted by molar-refractivity contribution is -0.119. The Kier molecular flexibility index (Phi) is 4.31. The molecule has 3 rings (SSSR count). The summed E-state index contributed by atoms with van der Waals surface area (Å²) < 4.78 is 0. The summed E-state index contributed by atoms with van der Waals surface area (Å²) in [5.41, 5.74) is 3.24. The maximum Gasteiger partial charge on any atom is 0.160 e. The van der Waals surface area contributed by atoms with Crippen LogP contribution in [0.2, 0.25) is 5.02 Å². The lowest BCUT2D eigenvalue weighted by atomic mass is 9.83. The van der Waals surface area contributed by atoms with Crippen molar-refractivity contribution < 1.29 is 4.79 Å². The third-order valence-corrected chi connectivity index (χ3v) is 4.99. The average Bonchev–Trinajstić information content (AvgIpc) is 2.46. The van der Waals surface area contributed by atoms with Crippen LogP contribution in [-0.2, 0) is 11.2 Å². The highest BCUT2D eigenvalue weighted by Gasteiger charge is 2.29. The van der Waals surface area contributed by atoms with Crippen molar-refractivity contribution in [1.29, 1.82) is 0 Å². The average molecular weight is 318 g/mol. The van der Waals surface area contributed by atoms with Gasteiger partial charge in [-0.05, 0) is 50.8 Å². The number of nitrogens with one attached hydrogen (secondary N) is 1. The number of rotatable bonds is 2. The third-order valence-electron chi connectivity index (χ3n) is 4.76. The molecule has 0 amide bonds. The van der Waals surface area contributed by atoms with Gasteiger partial charge in [0, 0.05) is 33.8 Å². The van der Waals surface area contributed by atoms with Crippen LogP contribution in [0.5, 0.6) is 0 Å². The van der Waals surface area contributed by atoms with E-state index >= 15 is 0 Å². The minimum absolute atomic E-state index is 0.0592. The highest BCUT2D eigenvalue weighted by atomic mass is 35.5. The fraction of sp³-hybridized carbons (Fsp3) is 0.526. The van der Waals surface area contributed by atoms with Crippen molar-refractivity contribution in [2.75, 3.05) is 0 Å². The zero-order chi connectivity index (χ0) is 15.7. The molecule has 1 aromatic carbocycles. The minimum atomic E-state index is -0.0592. The molecule has 1 heterocycles. The first-order valence-electron chi connectivity index (χ1n) is 8.27. The van der Waals surface area contributed by atoms with Crippen molar-refractivity contribution in [2.45, 2.75) is 57.9 Å². The number of carbonyl (C=O) groups is 1. The normalized spacial score (nSPS) is 23.0. The molecule has 0 atom stereocenters. The van der Waals surface area contributed by atoms with E-state index in [4.69, 9.17) is 11.6 Å². The Hall–Kier alpha value is -1.28. The van der Waals surface area contributed by atoms with E-state index in [1.54, 1.807) is 0 Å². The van der Waals surface area contributed by atoms with Crippen LogP contribution in [0.25, 0.3) is 5.70 Å². The molecule has 0 unspecified atom stereocenters. The number of allylic oxidation sites excluding steroid dienone is 1. The highest BCUT2D eigenvalue weighted by molar-refractivity contribution is 6.30. The topological polar surface area (TPSA) is 29.1 Å². The molecule has 1 saturated carbocycles. The maximum absolute atomic E-state index is 12.6. The summed E-state index contributed by atoms with van der Waals surface area (Å²) in [4.78, 5) is 12.6. The van der Waals surface area contributed by atoms with Gasteiger partial charge in [0.05, 0.1) is 0 Å². The molecule has 0 aromatic heterocycles. The molecular formula is C19H24ClNO. The Morgan fingerprint density at radius 2 is 2.00 bits per heavy atom. The molecule has 2 nitrogen and oxygen atoms in total. The van der Waals surface area contributed by atoms with E-state index in [2.05, 4.69) is 19.2 Å². The second-order valence-corrected chi connectivity index (χ2v) is 7.72. The van der Waals surface area contributed by atoms with Gasteiger partial charge in [0.1, 0.15) is 0 Å². The molecule has 0 spiro atoms. The van der Waals surface area contributed by atoms with E-state index in [0.717, 1.165) is 35.5 Å². The van der Waals surface area contributed by atoms with Gasteiger partial charge in [0.25, 0.3) is 0 Å². The van der Waals surface area contributed by atoms with Crippen LogP contribution < -0.4 is 5.32 Å². The molecule has 0 bridgehead atoms. The van der Waals surface area contributed by atoms with Gasteiger partial charge >= 0.3 is 0 Å². The first-order valence-corrected chi connectivity index (χ1v) is 8.65. The number of ketones is 1. The van der Waals surface area contributed by atoms with Gasteiger partial charge < -0.3 is 5.32 Å². The molecule has 1 aromatic rings. The first-order chi connectivity index (χ1) is 10.4. The summed E-state index contributed by atoms with van der Waals surface area (Å²) in [5, 5.41) is 4.29. The van der Waals surface area contributed by atoms with Crippen LogP contribution in [0.3, 0.4) is 0 Å². The Labute approximate surface area is 137 Å². The standard InChI is InChI=1S/C19H24ClNO/c1-19(2)12-14-10-15(20)8-9-16(14)17(21-19)11-18(22)13-6-4-3-5-7-13/h8-11,13,21H,3-7,12H2,1-2H3. The lowest BCUT2D eigenvalue weighted by Crippen LogP contribution is -2.44. The number of fused-ring (bicyclic) bond motifs is 1. The van der Waals surface area contributed by atoms with E-state index in [1.165, 1.54) is 24.8 Å².